The van der Waals surface area contributed by atoms with Gasteiger partial charge in [-0.2, -0.15) is 0 Å². The van der Waals surface area contributed by atoms with Crippen molar-refractivity contribution in [1.29, 1.82) is 0 Å². The number of halogens is 2. The van der Waals surface area contributed by atoms with Crippen molar-refractivity contribution in [2.24, 2.45) is 0 Å². The van der Waals surface area contributed by atoms with Crippen molar-refractivity contribution < 1.29 is 18.6 Å². The molecule has 0 saturated carbocycles. The van der Waals surface area contributed by atoms with E-state index in [1.54, 1.807) is 0 Å². The number of hydrogen-bond donors (Lipinski definition) is 2. The molecule has 0 radical (unpaired) electrons. The second kappa shape index (κ2) is 8.06. The lowest BCUT2D eigenvalue weighted by molar-refractivity contribution is 0.266. The SMILES string of the molecule is OCC1CCCN1c1cc(NCCOc2ccc(F)cc2F)ncn1. The molecule has 2 N–H and O–H groups in total. The van der Waals surface area contributed by atoms with E-state index in [9.17, 15) is 13.9 Å². The zero-order chi connectivity index (χ0) is 17.6. The lowest BCUT2D eigenvalue weighted by atomic mass is 10.2. The van der Waals surface area contributed by atoms with Gasteiger partial charge in [-0.15, -0.1) is 0 Å². The molecule has 2 heterocycles. The van der Waals surface area contributed by atoms with Gasteiger partial charge in [-0.05, 0) is 25.0 Å². The first kappa shape index (κ1) is 17.3. The van der Waals surface area contributed by atoms with Crippen LogP contribution in [0.3, 0.4) is 0 Å². The van der Waals surface area contributed by atoms with Crippen molar-refractivity contribution >= 4 is 11.6 Å². The summed E-state index contributed by atoms with van der Waals surface area (Å²) in [6.07, 6.45) is 3.43. The molecule has 1 aliphatic heterocycles. The summed E-state index contributed by atoms with van der Waals surface area (Å²) < 4.78 is 31.6. The van der Waals surface area contributed by atoms with Gasteiger partial charge in [0, 0.05) is 18.7 Å². The normalized spacial score (nSPS) is 16.9. The molecule has 3 rings (SSSR count). The monoisotopic (exact) mass is 350 g/mol. The predicted octanol–water partition coefficient (Wildman–Crippen LogP) is 2.21. The van der Waals surface area contributed by atoms with E-state index in [1.807, 2.05) is 6.07 Å². The molecule has 1 atom stereocenters. The molecule has 0 amide bonds. The Balaban J connectivity index is 1.52. The highest BCUT2D eigenvalue weighted by Crippen LogP contribution is 2.24. The highest BCUT2D eigenvalue weighted by molar-refractivity contribution is 5.49. The first-order chi connectivity index (χ1) is 12.2. The minimum atomic E-state index is -0.728. The van der Waals surface area contributed by atoms with Gasteiger partial charge in [-0.25, -0.2) is 18.7 Å². The van der Waals surface area contributed by atoms with Gasteiger partial charge in [0.15, 0.2) is 11.6 Å². The second-order valence-corrected chi connectivity index (χ2v) is 5.78. The van der Waals surface area contributed by atoms with Crippen LogP contribution in [0.1, 0.15) is 12.8 Å². The quantitative estimate of drug-likeness (QED) is 0.746. The average molecular weight is 350 g/mol. The molecule has 1 unspecified atom stereocenters. The number of benzene rings is 1. The fraction of sp³-hybridized carbons (Fsp3) is 0.412. The summed E-state index contributed by atoms with van der Waals surface area (Å²) in [5.74, 6) is 0.0266. The van der Waals surface area contributed by atoms with Gasteiger partial charge in [0.05, 0.1) is 19.2 Å². The zero-order valence-electron chi connectivity index (χ0n) is 13.7. The van der Waals surface area contributed by atoms with E-state index in [0.717, 1.165) is 37.3 Å². The van der Waals surface area contributed by atoms with Crippen molar-refractivity contribution in [2.75, 3.05) is 36.5 Å². The summed E-state index contributed by atoms with van der Waals surface area (Å²) in [6.45, 7) is 1.56. The van der Waals surface area contributed by atoms with E-state index in [2.05, 4.69) is 20.2 Å². The molecular formula is C17H20F2N4O2. The molecule has 2 aromatic rings. The van der Waals surface area contributed by atoms with Crippen LogP contribution in [0, 0.1) is 11.6 Å². The standard InChI is InChI=1S/C17H20F2N4O2/c18-12-3-4-15(14(19)8-12)25-7-5-20-16-9-17(22-11-21-16)23-6-1-2-13(23)10-24/h3-4,8-9,11,13,24H,1-2,5-7,10H2,(H,20,21,22). The molecule has 1 fully saturated rings. The summed E-state index contributed by atoms with van der Waals surface area (Å²) in [6, 6.07) is 5.10. The van der Waals surface area contributed by atoms with Crippen molar-refractivity contribution in [3.8, 4) is 5.75 Å². The van der Waals surface area contributed by atoms with Crippen molar-refractivity contribution in [3.05, 3.63) is 42.2 Å². The minimum Gasteiger partial charge on any atom is -0.489 e. The Morgan fingerprint density at radius 2 is 2.16 bits per heavy atom. The lowest BCUT2D eigenvalue weighted by Gasteiger charge is -2.24. The molecule has 6 nitrogen and oxygen atoms in total. The predicted molar refractivity (Wildman–Crippen MR) is 89.8 cm³/mol. The van der Waals surface area contributed by atoms with Crippen molar-refractivity contribution in [3.63, 3.8) is 0 Å². The molecule has 8 heteroatoms. The van der Waals surface area contributed by atoms with E-state index in [1.165, 1.54) is 12.4 Å². The van der Waals surface area contributed by atoms with Crippen LogP contribution in [0.25, 0.3) is 0 Å². The molecular weight excluding hydrogens is 330 g/mol. The number of aliphatic hydroxyl groups excluding tert-OH is 1. The van der Waals surface area contributed by atoms with Gasteiger partial charge in [-0.1, -0.05) is 0 Å². The maximum atomic E-state index is 13.5. The maximum Gasteiger partial charge on any atom is 0.167 e. The molecule has 0 aliphatic carbocycles. The summed E-state index contributed by atoms with van der Waals surface area (Å²) in [5, 5.41) is 12.5. The molecule has 25 heavy (non-hydrogen) atoms. The van der Waals surface area contributed by atoms with Crippen LogP contribution in [0.2, 0.25) is 0 Å². The fourth-order valence-corrected chi connectivity index (χ4v) is 2.86. The van der Waals surface area contributed by atoms with Crippen LogP contribution in [0.4, 0.5) is 20.4 Å². The number of ether oxygens (including phenoxy) is 1. The van der Waals surface area contributed by atoms with Gasteiger partial charge >= 0.3 is 0 Å². The topological polar surface area (TPSA) is 70.5 Å². The van der Waals surface area contributed by atoms with Crippen LogP contribution in [0.5, 0.6) is 5.75 Å². The lowest BCUT2D eigenvalue weighted by Crippen LogP contribution is -2.32. The van der Waals surface area contributed by atoms with Crippen molar-refractivity contribution in [2.45, 2.75) is 18.9 Å². The highest BCUT2D eigenvalue weighted by Gasteiger charge is 2.25. The Morgan fingerprint density at radius 3 is 2.96 bits per heavy atom. The summed E-state index contributed by atoms with van der Waals surface area (Å²) >= 11 is 0. The van der Waals surface area contributed by atoms with Crippen LogP contribution in [0.15, 0.2) is 30.6 Å². The number of aromatic nitrogens is 2. The Bertz CT molecular complexity index is 717. The molecule has 1 aliphatic rings. The smallest absolute Gasteiger partial charge is 0.167 e. The van der Waals surface area contributed by atoms with Gasteiger partial charge in [0.1, 0.15) is 30.4 Å². The number of hydrogen-bond acceptors (Lipinski definition) is 6. The number of anilines is 2. The molecule has 0 bridgehead atoms. The summed E-state index contributed by atoms with van der Waals surface area (Å²) in [7, 11) is 0. The largest absolute Gasteiger partial charge is 0.489 e. The van der Waals surface area contributed by atoms with Crippen LogP contribution in [-0.4, -0.2) is 47.4 Å². The summed E-state index contributed by atoms with van der Waals surface area (Å²) in [4.78, 5) is 10.5. The van der Waals surface area contributed by atoms with Crippen molar-refractivity contribution in [1.82, 2.24) is 9.97 Å². The molecule has 1 saturated heterocycles. The first-order valence-electron chi connectivity index (χ1n) is 8.18. The van der Waals surface area contributed by atoms with Gasteiger partial charge < -0.3 is 20.1 Å². The van der Waals surface area contributed by atoms with E-state index in [-0.39, 0.29) is 25.0 Å². The maximum absolute atomic E-state index is 13.5. The molecule has 1 aromatic carbocycles. The molecule has 134 valence electrons. The molecule has 1 aromatic heterocycles. The highest BCUT2D eigenvalue weighted by atomic mass is 19.1. The van der Waals surface area contributed by atoms with Gasteiger partial charge in [-0.3, -0.25) is 0 Å². The zero-order valence-corrected chi connectivity index (χ0v) is 13.7. The number of aliphatic hydroxyl groups is 1. The van der Waals surface area contributed by atoms with E-state index < -0.39 is 11.6 Å². The third kappa shape index (κ3) is 4.33. The summed E-state index contributed by atoms with van der Waals surface area (Å²) in [5.41, 5.74) is 0. The Kier molecular flexibility index (Phi) is 5.60. The van der Waals surface area contributed by atoms with Gasteiger partial charge in [0.2, 0.25) is 0 Å². The first-order valence-corrected chi connectivity index (χ1v) is 8.18. The Morgan fingerprint density at radius 1 is 1.28 bits per heavy atom. The third-order valence-electron chi connectivity index (χ3n) is 4.09. The second-order valence-electron chi connectivity index (χ2n) is 5.78. The van der Waals surface area contributed by atoms with Crippen LogP contribution >= 0.6 is 0 Å². The van der Waals surface area contributed by atoms with Gasteiger partial charge in [0.25, 0.3) is 0 Å². The van der Waals surface area contributed by atoms with Crippen LogP contribution < -0.4 is 15.0 Å². The Hall–Kier alpha value is -2.48. The molecule has 0 spiro atoms. The van der Waals surface area contributed by atoms with E-state index in [0.29, 0.717) is 12.4 Å². The van der Waals surface area contributed by atoms with E-state index >= 15 is 0 Å². The van der Waals surface area contributed by atoms with E-state index in [4.69, 9.17) is 4.74 Å². The Labute approximate surface area is 144 Å². The average Bonchev–Trinajstić information content (AvgIpc) is 3.09. The third-order valence-corrected chi connectivity index (χ3v) is 4.09. The van der Waals surface area contributed by atoms with Crippen LogP contribution in [-0.2, 0) is 0 Å². The number of nitrogens with zero attached hydrogens (tertiary/aromatic N) is 3. The fourth-order valence-electron chi connectivity index (χ4n) is 2.86. The number of rotatable bonds is 7. The minimum absolute atomic E-state index is 0.00873. The number of nitrogens with one attached hydrogen (secondary N) is 1.